The average molecular weight is 288 g/mol. The van der Waals surface area contributed by atoms with E-state index in [-0.39, 0.29) is 11.9 Å². The van der Waals surface area contributed by atoms with Gasteiger partial charge in [0.2, 0.25) is 0 Å². The van der Waals surface area contributed by atoms with Crippen molar-refractivity contribution in [1.82, 2.24) is 10.1 Å². The van der Waals surface area contributed by atoms with Crippen molar-refractivity contribution < 1.29 is 13.7 Å². The van der Waals surface area contributed by atoms with Gasteiger partial charge in [0, 0.05) is 18.2 Å². The summed E-state index contributed by atoms with van der Waals surface area (Å²) in [5.41, 5.74) is 1.26. The van der Waals surface area contributed by atoms with Crippen LogP contribution in [0.1, 0.15) is 47.6 Å². The lowest BCUT2D eigenvalue weighted by Gasteiger charge is -2.22. The van der Waals surface area contributed by atoms with Crippen molar-refractivity contribution in [2.45, 2.75) is 32.2 Å². The molecule has 2 heterocycles. The Morgan fingerprint density at radius 3 is 3.05 bits per heavy atom. The topological polar surface area (TPSA) is 46.3 Å². The van der Waals surface area contributed by atoms with Gasteiger partial charge in [-0.3, -0.25) is 4.79 Å². The fraction of sp³-hybridized carbons (Fsp3) is 0.375. The Balaban J connectivity index is 1.85. The number of likely N-dealkylation sites (tertiary alicyclic amines) is 1. The first-order valence-electron chi connectivity index (χ1n) is 7.21. The highest BCUT2D eigenvalue weighted by molar-refractivity contribution is 5.94. The van der Waals surface area contributed by atoms with Crippen LogP contribution in [-0.2, 0) is 6.42 Å². The number of aryl methyl sites for hydroxylation is 1. The third kappa shape index (κ3) is 2.68. The Morgan fingerprint density at radius 2 is 2.33 bits per heavy atom. The molecule has 0 unspecified atom stereocenters. The predicted molar refractivity (Wildman–Crippen MR) is 75.3 cm³/mol. The molecule has 0 radical (unpaired) electrons. The Morgan fingerprint density at radius 1 is 1.48 bits per heavy atom. The second-order valence-corrected chi connectivity index (χ2v) is 5.24. The zero-order valence-electron chi connectivity index (χ0n) is 11.9. The molecule has 1 aliphatic rings. The first-order chi connectivity index (χ1) is 10.2. The zero-order valence-corrected chi connectivity index (χ0v) is 11.9. The van der Waals surface area contributed by atoms with Gasteiger partial charge in [-0.25, -0.2) is 4.39 Å². The van der Waals surface area contributed by atoms with Crippen molar-refractivity contribution in [2.24, 2.45) is 0 Å². The minimum absolute atomic E-state index is 0.103. The van der Waals surface area contributed by atoms with Crippen molar-refractivity contribution in [2.75, 3.05) is 6.54 Å². The highest BCUT2D eigenvalue weighted by Gasteiger charge is 2.33. The molecule has 0 bridgehead atoms. The zero-order chi connectivity index (χ0) is 14.8. The van der Waals surface area contributed by atoms with E-state index in [9.17, 15) is 9.18 Å². The lowest BCUT2D eigenvalue weighted by Crippen LogP contribution is -2.30. The number of hydrogen-bond donors (Lipinski definition) is 0. The summed E-state index contributed by atoms with van der Waals surface area (Å²) in [4.78, 5) is 14.3. The molecule has 1 aromatic carbocycles. The van der Waals surface area contributed by atoms with Crippen molar-refractivity contribution in [3.63, 3.8) is 0 Å². The third-order valence-corrected chi connectivity index (χ3v) is 3.85. The van der Waals surface area contributed by atoms with Crippen LogP contribution in [0.4, 0.5) is 4.39 Å². The molecule has 1 saturated heterocycles. The van der Waals surface area contributed by atoms with Gasteiger partial charge >= 0.3 is 0 Å². The van der Waals surface area contributed by atoms with Gasteiger partial charge in [-0.2, -0.15) is 0 Å². The van der Waals surface area contributed by atoms with E-state index in [0.717, 1.165) is 25.0 Å². The number of hydrogen-bond acceptors (Lipinski definition) is 3. The van der Waals surface area contributed by atoms with E-state index in [1.54, 1.807) is 17.0 Å². The van der Waals surface area contributed by atoms with Crippen LogP contribution < -0.4 is 0 Å². The first-order valence-corrected chi connectivity index (χ1v) is 7.21. The molecule has 2 aromatic rings. The standard InChI is InChI=1S/C16H17FN2O2/c1-2-13-10-15(21-18-13)14-7-4-8-19(14)16(20)11-5-3-6-12(17)9-11/h3,5-6,9-10,14H,2,4,7-8H2,1H3/t14-/m0/s1. The highest BCUT2D eigenvalue weighted by atomic mass is 19.1. The predicted octanol–water partition coefficient (Wildman–Crippen LogP) is 3.35. The summed E-state index contributed by atoms with van der Waals surface area (Å²) >= 11 is 0. The van der Waals surface area contributed by atoms with E-state index in [4.69, 9.17) is 4.52 Å². The summed E-state index contributed by atoms with van der Waals surface area (Å²) in [6.45, 7) is 2.66. The minimum Gasteiger partial charge on any atom is -0.359 e. The maximum absolute atomic E-state index is 13.3. The van der Waals surface area contributed by atoms with E-state index < -0.39 is 5.82 Å². The maximum Gasteiger partial charge on any atom is 0.254 e. The van der Waals surface area contributed by atoms with Gasteiger partial charge in [-0.15, -0.1) is 0 Å². The monoisotopic (exact) mass is 288 g/mol. The van der Waals surface area contributed by atoms with Crippen molar-refractivity contribution >= 4 is 5.91 Å². The average Bonchev–Trinajstić information content (AvgIpc) is 3.14. The van der Waals surface area contributed by atoms with Crippen molar-refractivity contribution in [1.29, 1.82) is 0 Å². The van der Waals surface area contributed by atoms with Gasteiger partial charge in [-0.05, 0) is 37.5 Å². The van der Waals surface area contributed by atoms with Crippen LogP contribution in [0.2, 0.25) is 0 Å². The molecule has 0 aliphatic carbocycles. The van der Waals surface area contributed by atoms with Crippen LogP contribution in [0.25, 0.3) is 0 Å². The number of rotatable bonds is 3. The molecular formula is C16H17FN2O2. The number of carbonyl (C=O) groups excluding carboxylic acids is 1. The lowest BCUT2D eigenvalue weighted by molar-refractivity contribution is 0.0714. The van der Waals surface area contributed by atoms with Crippen LogP contribution in [0.5, 0.6) is 0 Å². The van der Waals surface area contributed by atoms with Crippen LogP contribution in [0, 0.1) is 5.82 Å². The second-order valence-electron chi connectivity index (χ2n) is 5.24. The van der Waals surface area contributed by atoms with Gasteiger partial charge in [0.1, 0.15) is 5.82 Å². The molecule has 0 N–H and O–H groups in total. The molecule has 5 heteroatoms. The largest absolute Gasteiger partial charge is 0.359 e. The second kappa shape index (κ2) is 5.68. The summed E-state index contributed by atoms with van der Waals surface area (Å²) in [6.07, 6.45) is 2.56. The Labute approximate surface area is 122 Å². The molecule has 1 aliphatic heterocycles. The Kier molecular flexibility index (Phi) is 3.73. The first kappa shape index (κ1) is 13.8. The number of amides is 1. The molecule has 3 rings (SSSR count). The van der Waals surface area contributed by atoms with E-state index in [2.05, 4.69) is 5.16 Å². The molecule has 4 nitrogen and oxygen atoms in total. The summed E-state index contributed by atoms with van der Waals surface area (Å²) in [5.74, 6) is 0.157. The third-order valence-electron chi connectivity index (χ3n) is 3.85. The molecule has 110 valence electrons. The summed E-state index contributed by atoms with van der Waals surface area (Å²) in [7, 11) is 0. The summed E-state index contributed by atoms with van der Waals surface area (Å²) in [6, 6.07) is 7.60. The molecular weight excluding hydrogens is 271 g/mol. The lowest BCUT2D eigenvalue weighted by atomic mass is 10.1. The normalized spacial score (nSPS) is 18.2. The van der Waals surface area contributed by atoms with Gasteiger partial charge in [0.05, 0.1) is 11.7 Å². The Bertz CT molecular complexity index is 653. The molecule has 1 amide bonds. The molecule has 1 aromatic heterocycles. The fourth-order valence-electron chi connectivity index (χ4n) is 2.74. The molecule has 0 spiro atoms. The number of halogens is 1. The van der Waals surface area contributed by atoms with E-state index in [0.29, 0.717) is 17.9 Å². The van der Waals surface area contributed by atoms with E-state index >= 15 is 0 Å². The van der Waals surface area contributed by atoms with Crippen molar-refractivity contribution in [3.8, 4) is 0 Å². The summed E-state index contributed by atoms with van der Waals surface area (Å²) < 4.78 is 18.6. The quantitative estimate of drug-likeness (QED) is 0.870. The molecule has 1 atom stereocenters. The molecule has 0 saturated carbocycles. The van der Waals surface area contributed by atoms with Crippen LogP contribution >= 0.6 is 0 Å². The van der Waals surface area contributed by atoms with Gasteiger partial charge in [0.25, 0.3) is 5.91 Å². The van der Waals surface area contributed by atoms with Crippen LogP contribution in [0.3, 0.4) is 0 Å². The molecule has 21 heavy (non-hydrogen) atoms. The Hall–Kier alpha value is -2.17. The number of aromatic nitrogens is 1. The maximum atomic E-state index is 13.3. The fourth-order valence-corrected chi connectivity index (χ4v) is 2.74. The van der Waals surface area contributed by atoms with Gasteiger partial charge in [0.15, 0.2) is 5.76 Å². The van der Waals surface area contributed by atoms with Gasteiger partial charge < -0.3 is 9.42 Å². The van der Waals surface area contributed by atoms with E-state index in [1.807, 2.05) is 13.0 Å². The number of nitrogens with zero attached hydrogens (tertiary/aromatic N) is 2. The van der Waals surface area contributed by atoms with E-state index in [1.165, 1.54) is 12.1 Å². The summed E-state index contributed by atoms with van der Waals surface area (Å²) in [5, 5.41) is 3.99. The van der Waals surface area contributed by atoms with Crippen LogP contribution in [0.15, 0.2) is 34.9 Å². The highest BCUT2D eigenvalue weighted by Crippen LogP contribution is 2.33. The minimum atomic E-state index is -0.399. The van der Waals surface area contributed by atoms with Crippen molar-refractivity contribution in [3.05, 3.63) is 53.2 Å². The van der Waals surface area contributed by atoms with Gasteiger partial charge in [-0.1, -0.05) is 18.1 Å². The van der Waals surface area contributed by atoms with Crippen LogP contribution in [-0.4, -0.2) is 22.5 Å². The number of carbonyl (C=O) groups is 1. The smallest absolute Gasteiger partial charge is 0.254 e. The SMILES string of the molecule is CCc1cc([C@@H]2CCCN2C(=O)c2cccc(F)c2)on1. The molecule has 1 fully saturated rings. The number of benzene rings is 1.